The van der Waals surface area contributed by atoms with Crippen molar-refractivity contribution in [3.05, 3.63) is 35.4 Å². The van der Waals surface area contributed by atoms with E-state index in [1.165, 1.54) is 44.6 Å². The molecule has 0 bridgehead atoms. The van der Waals surface area contributed by atoms with Gasteiger partial charge in [-0.2, -0.15) is 0 Å². The van der Waals surface area contributed by atoms with Gasteiger partial charge in [0.15, 0.2) is 11.6 Å². The van der Waals surface area contributed by atoms with E-state index < -0.39 is 11.6 Å². The molecule has 1 aromatic rings. The van der Waals surface area contributed by atoms with Crippen molar-refractivity contribution in [3.8, 4) is 0 Å². The molecule has 106 valence electrons. The van der Waals surface area contributed by atoms with E-state index in [1.807, 2.05) is 0 Å². The molecular weight excluding hydrogens is 242 g/mol. The van der Waals surface area contributed by atoms with Crippen LogP contribution in [0.3, 0.4) is 0 Å². The molecule has 0 nitrogen and oxygen atoms in total. The van der Waals surface area contributed by atoms with Crippen molar-refractivity contribution < 1.29 is 8.78 Å². The fraction of sp³-hybridized carbons (Fsp3) is 0.647. The van der Waals surface area contributed by atoms with E-state index in [0.717, 1.165) is 12.3 Å². The van der Waals surface area contributed by atoms with Crippen LogP contribution in [0.1, 0.15) is 57.4 Å². The van der Waals surface area contributed by atoms with Crippen LogP contribution in [0.15, 0.2) is 18.2 Å². The van der Waals surface area contributed by atoms with Crippen LogP contribution >= 0.6 is 0 Å². The Balaban J connectivity index is 1.79. The van der Waals surface area contributed by atoms with Gasteiger partial charge in [-0.25, -0.2) is 8.78 Å². The number of hydrogen-bond acceptors (Lipinski definition) is 0. The van der Waals surface area contributed by atoms with Crippen molar-refractivity contribution in [1.29, 1.82) is 0 Å². The zero-order valence-electron chi connectivity index (χ0n) is 11.8. The Morgan fingerprint density at radius 3 is 2.26 bits per heavy atom. The van der Waals surface area contributed by atoms with Gasteiger partial charge in [-0.05, 0) is 36.3 Å². The zero-order chi connectivity index (χ0) is 13.7. The van der Waals surface area contributed by atoms with E-state index in [-0.39, 0.29) is 0 Å². The Morgan fingerprint density at radius 1 is 1.00 bits per heavy atom. The molecule has 0 N–H and O–H groups in total. The average Bonchev–Trinajstić information content (AvgIpc) is 2.42. The van der Waals surface area contributed by atoms with Crippen molar-refractivity contribution in [2.75, 3.05) is 0 Å². The van der Waals surface area contributed by atoms with Gasteiger partial charge in [-0.15, -0.1) is 0 Å². The van der Waals surface area contributed by atoms with E-state index in [4.69, 9.17) is 0 Å². The first-order valence-corrected chi connectivity index (χ1v) is 7.63. The summed E-state index contributed by atoms with van der Waals surface area (Å²) in [5, 5.41) is 0. The first-order chi connectivity index (χ1) is 9.20. The lowest BCUT2D eigenvalue weighted by Gasteiger charge is -2.28. The molecule has 0 saturated heterocycles. The van der Waals surface area contributed by atoms with Crippen molar-refractivity contribution in [2.24, 2.45) is 11.8 Å². The molecule has 0 radical (unpaired) electrons. The normalized spacial score (nSPS) is 23.5. The molecule has 2 heteroatoms. The smallest absolute Gasteiger partial charge is 0.162 e. The minimum absolute atomic E-state index is 0.538. The SMILES string of the molecule is CCCC1CCC(CCc2cccc(F)c2F)CC1. The summed E-state index contributed by atoms with van der Waals surface area (Å²) in [5.74, 6) is 0.245. The van der Waals surface area contributed by atoms with Gasteiger partial charge in [-0.3, -0.25) is 0 Å². The topological polar surface area (TPSA) is 0 Å². The van der Waals surface area contributed by atoms with Crippen LogP contribution in [-0.2, 0) is 6.42 Å². The lowest BCUT2D eigenvalue weighted by atomic mass is 9.78. The maximum atomic E-state index is 13.5. The predicted molar refractivity (Wildman–Crippen MR) is 75.0 cm³/mol. The molecule has 1 fully saturated rings. The largest absolute Gasteiger partial charge is 0.204 e. The van der Waals surface area contributed by atoms with E-state index in [1.54, 1.807) is 12.1 Å². The third-order valence-electron chi connectivity index (χ3n) is 4.52. The van der Waals surface area contributed by atoms with Crippen molar-refractivity contribution in [3.63, 3.8) is 0 Å². The van der Waals surface area contributed by atoms with E-state index in [2.05, 4.69) is 6.92 Å². The Bertz CT molecular complexity index is 392. The fourth-order valence-corrected chi connectivity index (χ4v) is 3.32. The molecule has 0 unspecified atom stereocenters. The summed E-state index contributed by atoms with van der Waals surface area (Å²) < 4.78 is 26.6. The molecular formula is C17H24F2. The zero-order valence-corrected chi connectivity index (χ0v) is 11.8. The molecule has 0 atom stereocenters. The van der Waals surface area contributed by atoms with Crippen LogP contribution in [0.25, 0.3) is 0 Å². The minimum Gasteiger partial charge on any atom is -0.204 e. The van der Waals surface area contributed by atoms with Crippen molar-refractivity contribution in [1.82, 2.24) is 0 Å². The predicted octanol–water partition coefficient (Wildman–Crippen LogP) is 5.50. The summed E-state index contributed by atoms with van der Waals surface area (Å²) in [5.41, 5.74) is 0.538. The van der Waals surface area contributed by atoms with Gasteiger partial charge in [0.05, 0.1) is 0 Å². The summed E-state index contributed by atoms with van der Waals surface area (Å²) >= 11 is 0. The summed E-state index contributed by atoms with van der Waals surface area (Å²) in [6, 6.07) is 4.50. The van der Waals surface area contributed by atoms with E-state index in [0.29, 0.717) is 17.9 Å². The molecule has 19 heavy (non-hydrogen) atoms. The van der Waals surface area contributed by atoms with Gasteiger partial charge in [0.25, 0.3) is 0 Å². The molecule has 0 aliphatic heterocycles. The third kappa shape index (κ3) is 4.02. The van der Waals surface area contributed by atoms with Crippen molar-refractivity contribution >= 4 is 0 Å². The van der Waals surface area contributed by atoms with Gasteiger partial charge in [-0.1, -0.05) is 57.6 Å². The fourth-order valence-electron chi connectivity index (χ4n) is 3.32. The van der Waals surface area contributed by atoms with Crippen LogP contribution in [0.4, 0.5) is 8.78 Å². The molecule has 0 aromatic heterocycles. The summed E-state index contributed by atoms with van der Waals surface area (Å²) in [6.45, 7) is 2.25. The first-order valence-electron chi connectivity index (χ1n) is 7.63. The quantitative estimate of drug-likeness (QED) is 0.659. The first kappa shape index (κ1) is 14.5. The van der Waals surface area contributed by atoms with Crippen molar-refractivity contribution in [2.45, 2.75) is 58.3 Å². The van der Waals surface area contributed by atoms with Crippen LogP contribution < -0.4 is 0 Å². The molecule has 0 spiro atoms. The molecule has 2 rings (SSSR count). The molecule has 1 aliphatic rings. The summed E-state index contributed by atoms with van der Waals surface area (Å²) in [7, 11) is 0. The number of hydrogen-bond donors (Lipinski definition) is 0. The maximum Gasteiger partial charge on any atom is 0.162 e. The molecule has 0 heterocycles. The Kier molecular flexibility index (Phi) is 5.35. The van der Waals surface area contributed by atoms with Crippen LogP contribution in [0.2, 0.25) is 0 Å². The number of aryl methyl sites for hydroxylation is 1. The molecule has 1 saturated carbocycles. The highest BCUT2D eigenvalue weighted by atomic mass is 19.2. The number of halogens is 2. The second-order valence-corrected chi connectivity index (χ2v) is 5.93. The van der Waals surface area contributed by atoms with Gasteiger partial charge in [0.2, 0.25) is 0 Å². The van der Waals surface area contributed by atoms with E-state index in [9.17, 15) is 8.78 Å². The van der Waals surface area contributed by atoms with Gasteiger partial charge < -0.3 is 0 Å². The lowest BCUT2D eigenvalue weighted by molar-refractivity contribution is 0.251. The second-order valence-electron chi connectivity index (χ2n) is 5.93. The Hall–Kier alpha value is -0.920. The second kappa shape index (κ2) is 7.02. The minimum atomic E-state index is -0.718. The molecule has 0 amide bonds. The van der Waals surface area contributed by atoms with Gasteiger partial charge >= 0.3 is 0 Å². The maximum absolute atomic E-state index is 13.5. The van der Waals surface area contributed by atoms with Crippen LogP contribution in [0.5, 0.6) is 0 Å². The van der Waals surface area contributed by atoms with Crippen LogP contribution in [0, 0.1) is 23.5 Å². The highest BCUT2D eigenvalue weighted by molar-refractivity contribution is 5.19. The van der Waals surface area contributed by atoms with Crippen LogP contribution in [-0.4, -0.2) is 0 Å². The number of rotatable bonds is 5. The summed E-state index contributed by atoms with van der Waals surface area (Å²) in [4.78, 5) is 0. The molecule has 1 aromatic carbocycles. The average molecular weight is 266 g/mol. The Morgan fingerprint density at radius 2 is 1.63 bits per heavy atom. The lowest BCUT2D eigenvalue weighted by Crippen LogP contribution is -2.15. The highest BCUT2D eigenvalue weighted by Gasteiger charge is 2.20. The standard InChI is InChI=1S/C17H24F2/c1-2-4-13-7-9-14(10-8-13)11-12-15-5-3-6-16(18)17(15)19/h3,5-6,13-14H,2,4,7-12H2,1H3. The monoisotopic (exact) mass is 266 g/mol. The van der Waals surface area contributed by atoms with E-state index >= 15 is 0 Å². The molecule has 1 aliphatic carbocycles. The van der Waals surface area contributed by atoms with Gasteiger partial charge in [0.1, 0.15) is 0 Å². The third-order valence-corrected chi connectivity index (χ3v) is 4.52. The van der Waals surface area contributed by atoms with Gasteiger partial charge in [0, 0.05) is 0 Å². The Labute approximate surface area is 115 Å². The summed E-state index contributed by atoms with van der Waals surface area (Å²) in [6.07, 6.45) is 9.48. The highest BCUT2D eigenvalue weighted by Crippen LogP contribution is 2.34. The number of benzene rings is 1.